The number of alkyl halides is 1. The molecule has 0 bridgehead atoms. The predicted octanol–water partition coefficient (Wildman–Crippen LogP) is 0.973. The van der Waals surface area contributed by atoms with Gasteiger partial charge in [0.25, 0.3) is 0 Å². The third-order valence-electron chi connectivity index (χ3n) is 1.95. The Kier molecular flexibility index (Phi) is 5.17. The second-order valence-electron chi connectivity index (χ2n) is 2.83. The topological polar surface area (TPSA) is 49.3 Å². The van der Waals surface area contributed by atoms with E-state index in [2.05, 4.69) is 5.32 Å². The molecule has 0 radical (unpaired) electrons. The average Bonchev–Trinajstić information content (AvgIpc) is 2.31. The third kappa shape index (κ3) is 3.36. The van der Waals surface area contributed by atoms with Gasteiger partial charge in [0.1, 0.15) is 6.17 Å². The maximum absolute atomic E-state index is 12.8. The highest BCUT2D eigenvalue weighted by molar-refractivity contribution is 5.85. The molecule has 5 heteroatoms. The second kappa shape index (κ2) is 5.32. The normalized spacial score (nSPS) is 28.1. The first-order valence-electron chi connectivity index (χ1n) is 3.79. The Hall–Kier alpha value is -0.350. The molecule has 1 rings (SSSR count). The number of nitrogens with one attached hydrogen (secondary N) is 1. The molecule has 0 heterocycles. The molecule has 0 unspecified atom stereocenters. The lowest BCUT2D eigenvalue weighted by Gasteiger charge is -2.12. The van der Waals surface area contributed by atoms with Gasteiger partial charge >= 0.3 is 5.97 Å². The van der Waals surface area contributed by atoms with Crippen molar-refractivity contribution in [2.45, 2.75) is 31.5 Å². The second-order valence-corrected chi connectivity index (χ2v) is 2.83. The van der Waals surface area contributed by atoms with Crippen LogP contribution in [0.2, 0.25) is 0 Å². The van der Waals surface area contributed by atoms with E-state index in [0.29, 0.717) is 6.42 Å². The number of aliphatic carboxylic acids is 1. The highest BCUT2D eigenvalue weighted by Gasteiger charge is 2.26. The van der Waals surface area contributed by atoms with Crippen LogP contribution in [-0.4, -0.2) is 29.8 Å². The van der Waals surface area contributed by atoms with E-state index in [9.17, 15) is 9.18 Å². The van der Waals surface area contributed by atoms with Crippen molar-refractivity contribution in [2.24, 2.45) is 0 Å². The van der Waals surface area contributed by atoms with E-state index in [4.69, 9.17) is 5.11 Å². The number of carboxylic acids is 1. The smallest absolute Gasteiger partial charge is 0.317 e. The summed E-state index contributed by atoms with van der Waals surface area (Å²) in [5, 5.41) is 10.9. The van der Waals surface area contributed by atoms with Gasteiger partial charge in [-0.25, -0.2) is 4.39 Å². The molecule has 72 valence electrons. The van der Waals surface area contributed by atoms with Crippen LogP contribution in [0, 0.1) is 0 Å². The van der Waals surface area contributed by atoms with Crippen LogP contribution in [0.1, 0.15) is 19.3 Å². The van der Waals surface area contributed by atoms with Crippen molar-refractivity contribution in [3.05, 3.63) is 0 Å². The molecule has 2 N–H and O–H groups in total. The van der Waals surface area contributed by atoms with Gasteiger partial charge in [-0.1, -0.05) is 0 Å². The Morgan fingerprint density at radius 2 is 2.25 bits per heavy atom. The summed E-state index contributed by atoms with van der Waals surface area (Å²) >= 11 is 0. The van der Waals surface area contributed by atoms with E-state index in [1.165, 1.54) is 0 Å². The molecular formula is C7H13ClFNO2. The first-order chi connectivity index (χ1) is 5.20. The molecule has 0 aliphatic heterocycles. The summed E-state index contributed by atoms with van der Waals surface area (Å²) in [6.45, 7) is -0.134. The average molecular weight is 198 g/mol. The number of carbonyl (C=O) groups is 1. The van der Waals surface area contributed by atoms with Crippen LogP contribution in [0.3, 0.4) is 0 Å². The summed E-state index contributed by atoms with van der Waals surface area (Å²) < 4.78 is 12.8. The van der Waals surface area contributed by atoms with E-state index >= 15 is 0 Å². The van der Waals surface area contributed by atoms with Gasteiger partial charge in [0.05, 0.1) is 6.54 Å². The van der Waals surface area contributed by atoms with Crippen molar-refractivity contribution in [1.82, 2.24) is 5.32 Å². The molecule has 1 aliphatic carbocycles. The first-order valence-corrected chi connectivity index (χ1v) is 3.79. The molecule has 0 amide bonds. The van der Waals surface area contributed by atoms with Crippen LogP contribution in [0.15, 0.2) is 0 Å². The van der Waals surface area contributed by atoms with E-state index in [-0.39, 0.29) is 25.0 Å². The fourth-order valence-corrected chi connectivity index (χ4v) is 1.36. The van der Waals surface area contributed by atoms with Crippen LogP contribution in [0.25, 0.3) is 0 Å². The molecule has 1 aliphatic rings. The summed E-state index contributed by atoms with van der Waals surface area (Å²) in [5.74, 6) is -0.927. The zero-order chi connectivity index (χ0) is 8.27. The Morgan fingerprint density at radius 1 is 1.58 bits per heavy atom. The number of halogens is 2. The molecule has 0 aromatic heterocycles. The van der Waals surface area contributed by atoms with Gasteiger partial charge in [-0.05, 0) is 19.3 Å². The van der Waals surface area contributed by atoms with Crippen molar-refractivity contribution in [3.8, 4) is 0 Å². The summed E-state index contributed by atoms with van der Waals surface area (Å²) in [5.41, 5.74) is 0. The van der Waals surface area contributed by atoms with Crippen molar-refractivity contribution in [1.29, 1.82) is 0 Å². The Bertz CT molecular complexity index is 156. The minimum absolute atomic E-state index is 0. The largest absolute Gasteiger partial charge is 0.480 e. The van der Waals surface area contributed by atoms with Crippen LogP contribution >= 0.6 is 12.4 Å². The van der Waals surface area contributed by atoms with Gasteiger partial charge < -0.3 is 10.4 Å². The fourth-order valence-electron chi connectivity index (χ4n) is 1.36. The lowest BCUT2D eigenvalue weighted by molar-refractivity contribution is -0.136. The summed E-state index contributed by atoms with van der Waals surface area (Å²) in [6, 6.07) is -0.230. The summed E-state index contributed by atoms with van der Waals surface area (Å²) in [6.07, 6.45) is 1.33. The maximum atomic E-state index is 12.8. The van der Waals surface area contributed by atoms with Crippen molar-refractivity contribution < 1.29 is 14.3 Å². The van der Waals surface area contributed by atoms with Crippen molar-refractivity contribution >= 4 is 18.4 Å². The number of hydrogen-bond acceptors (Lipinski definition) is 2. The molecule has 1 saturated carbocycles. The van der Waals surface area contributed by atoms with E-state index in [1.807, 2.05) is 0 Å². The number of hydrogen-bond donors (Lipinski definition) is 2. The summed E-state index contributed by atoms with van der Waals surface area (Å²) in [7, 11) is 0. The Balaban J connectivity index is 0.00000121. The van der Waals surface area contributed by atoms with Gasteiger partial charge in [-0.2, -0.15) is 0 Å². The number of carboxylic acid groups (broad SMARTS) is 1. The van der Waals surface area contributed by atoms with Crippen LogP contribution in [-0.2, 0) is 4.79 Å². The first kappa shape index (κ1) is 11.6. The lowest BCUT2D eigenvalue weighted by Crippen LogP contribution is -2.36. The molecule has 3 nitrogen and oxygen atoms in total. The minimum Gasteiger partial charge on any atom is -0.480 e. The Labute approximate surface area is 76.7 Å². The molecule has 0 aromatic rings. The quantitative estimate of drug-likeness (QED) is 0.709. The standard InChI is InChI=1S/C7H12FNO2.ClH/c8-5-2-1-3-6(5)9-4-7(10)11;/h5-6,9H,1-4H2,(H,10,11);1H/t5-,6-;/m1./s1. The number of rotatable bonds is 3. The van der Waals surface area contributed by atoms with Crippen LogP contribution in [0.5, 0.6) is 0 Å². The van der Waals surface area contributed by atoms with Gasteiger partial charge in [0.15, 0.2) is 0 Å². The maximum Gasteiger partial charge on any atom is 0.317 e. The molecule has 2 atom stereocenters. The monoisotopic (exact) mass is 197 g/mol. The Morgan fingerprint density at radius 3 is 2.67 bits per heavy atom. The SMILES string of the molecule is Cl.O=C(O)CN[C@@H]1CCC[C@H]1F. The molecular weight excluding hydrogens is 185 g/mol. The van der Waals surface area contributed by atoms with E-state index in [1.54, 1.807) is 0 Å². The molecule has 0 spiro atoms. The fraction of sp³-hybridized carbons (Fsp3) is 0.857. The molecule has 0 aromatic carbocycles. The molecule has 12 heavy (non-hydrogen) atoms. The van der Waals surface area contributed by atoms with E-state index in [0.717, 1.165) is 12.8 Å². The third-order valence-corrected chi connectivity index (χ3v) is 1.95. The highest BCUT2D eigenvalue weighted by Crippen LogP contribution is 2.21. The van der Waals surface area contributed by atoms with Crippen molar-refractivity contribution in [2.75, 3.05) is 6.54 Å². The van der Waals surface area contributed by atoms with Gasteiger partial charge in [0.2, 0.25) is 0 Å². The van der Waals surface area contributed by atoms with E-state index < -0.39 is 12.1 Å². The zero-order valence-corrected chi connectivity index (χ0v) is 7.44. The minimum atomic E-state index is -0.927. The van der Waals surface area contributed by atoms with Crippen LogP contribution < -0.4 is 5.32 Å². The van der Waals surface area contributed by atoms with Crippen molar-refractivity contribution in [3.63, 3.8) is 0 Å². The predicted molar refractivity (Wildman–Crippen MR) is 45.4 cm³/mol. The van der Waals surface area contributed by atoms with Crippen LogP contribution in [0.4, 0.5) is 4.39 Å². The summed E-state index contributed by atoms with van der Waals surface area (Å²) in [4.78, 5) is 10.1. The van der Waals surface area contributed by atoms with Gasteiger partial charge in [-0.15, -0.1) is 12.4 Å². The molecule has 1 fully saturated rings. The molecule has 0 saturated heterocycles. The van der Waals surface area contributed by atoms with Gasteiger partial charge in [0, 0.05) is 6.04 Å². The zero-order valence-electron chi connectivity index (χ0n) is 6.62. The van der Waals surface area contributed by atoms with Gasteiger partial charge in [-0.3, -0.25) is 4.79 Å². The lowest BCUT2D eigenvalue weighted by atomic mass is 10.2. The highest BCUT2D eigenvalue weighted by atomic mass is 35.5.